The standard InChI is InChI=1S/C15H21N3O2/c1-2-9-3-5-10(6-4-9)17-12-8-13-14(7-11(12)16)20-15(19)18-13/h7-10,17H,2-6,16H2,1H3,(H,18,19). The van der Waals surface area contributed by atoms with E-state index >= 15 is 0 Å². The quantitative estimate of drug-likeness (QED) is 0.751. The first kappa shape index (κ1) is 13.1. The Hall–Kier alpha value is -1.91. The summed E-state index contributed by atoms with van der Waals surface area (Å²) in [7, 11) is 0. The van der Waals surface area contributed by atoms with E-state index in [1.807, 2.05) is 6.07 Å². The molecule has 1 aliphatic carbocycles. The highest BCUT2D eigenvalue weighted by Crippen LogP contribution is 2.31. The van der Waals surface area contributed by atoms with Crippen LogP contribution in [0.2, 0.25) is 0 Å². The highest BCUT2D eigenvalue weighted by molar-refractivity contribution is 5.85. The maximum Gasteiger partial charge on any atom is 0.417 e. The van der Waals surface area contributed by atoms with Crippen LogP contribution in [0.3, 0.4) is 0 Å². The number of hydrogen-bond acceptors (Lipinski definition) is 4. The van der Waals surface area contributed by atoms with Crippen LogP contribution < -0.4 is 16.8 Å². The third-order valence-corrected chi connectivity index (χ3v) is 4.37. The van der Waals surface area contributed by atoms with E-state index in [-0.39, 0.29) is 0 Å². The zero-order valence-electron chi connectivity index (χ0n) is 11.7. The molecular weight excluding hydrogens is 254 g/mol. The van der Waals surface area contributed by atoms with Gasteiger partial charge in [-0.05, 0) is 37.7 Å². The molecule has 1 aromatic heterocycles. The normalized spacial score (nSPS) is 23.1. The molecule has 0 radical (unpaired) electrons. The Morgan fingerprint density at radius 2 is 2.10 bits per heavy atom. The van der Waals surface area contributed by atoms with Gasteiger partial charge in [-0.2, -0.15) is 0 Å². The number of hydrogen-bond donors (Lipinski definition) is 3. The summed E-state index contributed by atoms with van der Waals surface area (Å²) >= 11 is 0. The van der Waals surface area contributed by atoms with Gasteiger partial charge < -0.3 is 15.5 Å². The van der Waals surface area contributed by atoms with E-state index in [2.05, 4.69) is 17.2 Å². The number of aromatic nitrogens is 1. The van der Waals surface area contributed by atoms with Crippen molar-refractivity contribution < 1.29 is 4.42 Å². The van der Waals surface area contributed by atoms with Crippen molar-refractivity contribution in [2.45, 2.75) is 45.1 Å². The molecule has 0 unspecified atom stereocenters. The molecule has 3 rings (SSSR count). The Bertz CT molecular complexity index is 651. The van der Waals surface area contributed by atoms with Crippen LogP contribution in [0.1, 0.15) is 39.0 Å². The molecule has 108 valence electrons. The summed E-state index contributed by atoms with van der Waals surface area (Å²) in [5.74, 6) is 0.429. The number of oxazole rings is 1. The van der Waals surface area contributed by atoms with Crippen molar-refractivity contribution in [1.82, 2.24) is 4.98 Å². The number of nitrogen functional groups attached to an aromatic ring is 1. The van der Waals surface area contributed by atoms with E-state index in [1.54, 1.807) is 6.07 Å². The van der Waals surface area contributed by atoms with Crippen molar-refractivity contribution in [1.29, 1.82) is 0 Å². The number of anilines is 2. The Kier molecular flexibility index (Phi) is 3.42. The summed E-state index contributed by atoms with van der Waals surface area (Å²) in [5, 5.41) is 3.51. The van der Waals surface area contributed by atoms with E-state index in [4.69, 9.17) is 10.2 Å². The number of benzene rings is 1. The molecule has 5 heteroatoms. The van der Waals surface area contributed by atoms with Gasteiger partial charge in [0.25, 0.3) is 0 Å². The van der Waals surface area contributed by atoms with Gasteiger partial charge in [-0.1, -0.05) is 13.3 Å². The molecule has 0 bridgehead atoms. The molecule has 1 heterocycles. The van der Waals surface area contributed by atoms with Crippen molar-refractivity contribution in [3.63, 3.8) is 0 Å². The van der Waals surface area contributed by atoms with Crippen LogP contribution >= 0.6 is 0 Å². The second-order valence-electron chi connectivity index (χ2n) is 5.72. The van der Waals surface area contributed by atoms with E-state index < -0.39 is 5.76 Å². The lowest BCUT2D eigenvalue weighted by atomic mass is 9.84. The number of aromatic amines is 1. The van der Waals surface area contributed by atoms with Crippen LogP contribution in [0.5, 0.6) is 0 Å². The largest absolute Gasteiger partial charge is 0.417 e. The Labute approximate surface area is 117 Å². The lowest BCUT2D eigenvalue weighted by Crippen LogP contribution is -2.26. The summed E-state index contributed by atoms with van der Waals surface area (Å²) in [6, 6.07) is 4.03. The topological polar surface area (TPSA) is 84.0 Å². The number of nitrogens with one attached hydrogen (secondary N) is 2. The van der Waals surface area contributed by atoms with Gasteiger partial charge in [0.15, 0.2) is 5.58 Å². The van der Waals surface area contributed by atoms with Gasteiger partial charge in [-0.3, -0.25) is 4.98 Å². The Morgan fingerprint density at radius 3 is 2.80 bits per heavy atom. The number of nitrogens with two attached hydrogens (primary N) is 1. The fourth-order valence-electron chi connectivity index (χ4n) is 3.07. The van der Waals surface area contributed by atoms with Gasteiger partial charge in [-0.15, -0.1) is 0 Å². The fourth-order valence-corrected chi connectivity index (χ4v) is 3.07. The lowest BCUT2D eigenvalue weighted by molar-refractivity contribution is 0.330. The average molecular weight is 275 g/mol. The van der Waals surface area contributed by atoms with Gasteiger partial charge in [0.05, 0.1) is 16.9 Å². The number of rotatable bonds is 3. The van der Waals surface area contributed by atoms with E-state index in [9.17, 15) is 4.79 Å². The molecule has 5 nitrogen and oxygen atoms in total. The fraction of sp³-hybridized carbons (Fsp3) is 0.533. The van der Waals surface area contributed by atoms with Gasteiger partial charge in [0, 0.05) is 12.1 Å². The predicted molar refractivity (Wildman–Crippen MR) is 80.9 cm³/mol. The van der Waals surface area contributed by atoms with Crippen LogP contribution in [0.15, 0.2) is 21.3 Å². The summed E-state index contributed by atoms with van der Waals surface area (Å²) in [5.41, 5.74) is 8.73. The van der Waals surface area contributed by atoms with Crippen LogP contribution in [-0.4, -0.2) is 11.0 Å². The van der Waals surface area contributed by atoms with Crippen LogP contribution in [0.25, 0.3) is 11.1 Å². The SMILES string of the molecule is CCC1CCC(Nc2cc3[nH]c(=O)oc3cc2N)CC1. The maximum atomic E-state index is 11.2. The summed E-state index contributed by atoms with van der Waals surface area (Å²) in [6.07, 6.45) is 6.19. The molecule has 1 aliphatic rings. The molecule has 0 amide bonds. The van der Waals surface area contributed by atoms with Gasteiger partial charge >= 0.3 is 5.76 Å². The second-order valence-corrected chi connectivity index (χ2v) is 5.72. The third-order valence-electron chi connectivity index (χ3n) is 4.37. The van der Waals surface area contributed by atoms with Crippen molar-refractivity contribution >= 4 is 22.5 Å². The van der Waals surface area contributed by atoms with E-state index in [1.165, 1.54) is 32.1 Å². The zero-order chi connectivity index (χ0) is 14.1. The molecular formula is C15H21N3O2. The highest BCUT2D eigenvalue weighted by Gasteiger charge is 2.20. The molecule has 1 saturated carbocycles. The summed E-state index contributed by atoms with van der Waals surface area (Å²) < 4.78 is 5.00. The molecule has 0 spiro atoms. The zero-order valence-corrected chi connectivity index (χ0v) is 11.7. The van der Waals surface area contributed by atoms with Gasteiger partial charge in [0.2, 0.25) is 0 Å². The first-order valence-corrected chi connectivity index (χ1v) is 7.34. The molecule has 4 N–H and O–H groups in total. The first-order valence-electron chi connectivity index (χ1n) is 7.34. The van der Waals surface area contributed by atoms with E-state index in [0.29, 0.717) is 22.8 Å². The van der Waals surface area contributed by atoms with Crippen LogP contribution in [0, 0.1) is 5.92 Å². The summed E-state index contributed by atoms with van der Waals surface area (Å²) in [6.45, 7) is 2.26. The van der Waals surface area contributed by atoms with Crippen molar-refractivity contribution in [3.8, 4) is 0 Å². The lowest BCUT2D eigenvalue weighted by Gasteiger charge is -2.29. The second kappa shape index (κ2) is 5.23. The van der Waals surface area contributed by atoms with E-state index in [0.717, 1.165) is 11.6 Å². The highest BCUT2D eigenvalue weighted by atomic mass is 16.4. The minimum atomic E-state index is -0.444. The maximum absolute atomic E-state index is 11.2. The molecule has 2 aromatic rings. The monoisotopic (exact) mass is 275 g/mol. The smallest absolute Gasteiger partial charge is 0.408 e. The van der Waals surface area contributed by atoms with Crippen LogP contribution in [-0.2, 0) is 0 Å². The minimum Gasteiger partial charge on any atom is -0.408 e. The Balaban J connectivity index is 1.77. The van der Waals surface area contributed by atoms with Gasteiger partial charge in [-0.25, -0.2) is 4.79 Å². The molecule has 0 atom stereocenters. The van der Waals surface area contributed by atoms with Crippen molar-refractivity contribution in [2.24, 2.45) is 5.92 Å². The van der Waals surface area contributed by atoms with Crippen LogP contribution in [0.4, 0.5) is 11.4 Å². The first-order chi connectivity index (χ1) is 9.65. The van der Waals surface area contributed by atoms with Gasteiger partial charge in [0.1, 0.15) is 0 Å². The minimum absolute atomic E-state index is 0.444. The predicted octanol–water partition coefficient (Wildman–Crippen LogP) is 3.08. The molecule has 0 saturated heterocycles. The molecule has 0 aliphatic heterocycles. The summed E-state index contributed by atoms with van der Waals surface area (Å²) in [4.78, 5) is 13.8. The molecule has 1 aromatic carbocycles. The Morgan fingerprint density at radius 1 is 1.35 bits per heavy atom. The number of H-pyrrole nitrogens is 1. The average Bonchev–Trinajstić information content (AvgIpc) is 2.79. The molecule has 1 fully saturated rings. The molecule has 20 heavy (non-hydrogen) atoms. The van der Waals surface area contributed by atoms with Crippen molar-refractivity contribution in [3.05, 3.63) is 22.7 Å². The van der Waals surface area contributed by atoms with Crippen molar-refractivity contribution in [2.75, 3.05) is 11.1 Å². The number of fused-ring (bicyclic) bond motifs is 1. The third kappa shape index (κ3) is 2.53.